The molecule has 134 valence electrons. The Bertz CT molecular complexity index is 961. The van der Waals surface area contributed by atoms with Crippen LogP contribution in [0.4, 0.5) is 0 Å². The van der Waals surface area contributed by atoms with E-state index in [1.807, 2.05) is 25.3 Å². The number of phenols is 1. The zero-order valence-corrected chi connectivity index (χ0v) is 15.5. The highest BCUT2D eigenvalue weighted by atomic mass is 16.3. The topological polar surface area (TPSA) is 54.2 Å². The van der Waals surface area contributed by atoms with E-state index in [9.17, 15) is 5.11 Å². The minimum absolute atomic E-state index is 0.291. The fourth-order valence-electron chi connectivity index (χ4n) is 3.87. The highest BCUT2D eigenvalue weighted by molar-refractivity contribution is 5.44. The average Bonchev–Trinajstić information content (AvgIpc) is 2.88. The van der Waals surface area contributed by atoms with Gasteiger partial charge in [-0.05, 0) is 44.5 Å². The third-order valence-electron chi connectivity index (χ3n) is 5.15. The molecule has 0 saturated carbocycles. The van der Waals surface area contributed by atoms with Gasteiger partial charge in [-0.3, -0.25) is 4.90 Å². The molecule has 0 spiro atoms. The molecule has 4 rings (SSSR count). The zero-order chi connectivity index (χ0) is 18.3. The standard InChI is InChI=1S/C21H24N4O/c1-14-9-17(15(2)25(14)19-5-4-6-20(26)10-19)12-24-8-7-21-18(13-24)11-22-16(3)23-21/h4-6,9-11,26H,7-8,12-13H2,1-3H3. The molecule has 3 aromatic rings. The Balaban J connectivity index is 1.58. The van der Waals surface area contributed by atoms with Crippen molar-refractivity contribution in [1.82, 2.24) is 19.4 Å². The molecule has 0 saturated heterocycles. The highest BCUT2D eigenvalue weighted by Gasteiger charge is 2.20. The summed E-state index contributed by atoms with van der Waals surface area (Å²) in [6.45, 7) is 9.03. The quantitative estimate of drug-likeness (QED) is 0.788. The van der Waals surface area contributed by atoms with E-state index in [-0.39, 0.29) is 0 Å². The second-order valence-corrected chi connectivity index (χ2v) is 7.10. The Morgan fingerprint density at radius 2 is 2.00 bits per heavy atom. The maximum Gasteiger partial charge on any atom is 0.125 e. The van der Waals surface area contributed by atoms with Crippen molar-refractivity contribution >= 4 is 0 Å². The van der Waals surface area contributed by atoms with Crippen molar-refractivity contribution in [2.45, 2.75) is 40.3 Å². The first-order valence-electron chi connectivity index (χ1n) is 9.02. The molecule has 3 heterocycles. The van der Waals surface area contributed by atoms with E-state index in [1.165, 1.54) is 28.2 Å². The fourth-order valence-corrected chi connectivity index (χ4v) is 3.87. The van der Waals surface area contributed by atoms with Gasteiger partial charge in [0, 0.05) is 66.7 Å². The number of fused-ring (bicyclic) bond motifs is 1. The summed E-state index contributed by atoms with van der Waals surface area (Å²) in [5, 5.41) is 9.80. The molecule has 26 heavy (non-hydrogen) atoms. The Hall–Kier alpha value is -2.66. The SMILES string of the molecule is Cc1ncc2c(n1)CCN(Cc1cc(C)n(-c3cccc(O)c3)c1C)C2. The smallest absolute Gasteiger partial charge is 0.125 e. The fraction of sp³-hybridized carbons (Fsp3) is 0.333. The third-order valence-corrected chi connectivity index (χ3v) is 5.15. The van der Waals surface area contributed by atoms with E-state index in [4.69, 9.17) is 0 Å². The van der Waals surface area contributed by atoms with E-state index < -0.39 is 0 Å². The number of aromatic nitrogens is 3. The van der Waals surface area contributed by atoms with E-state index >= 15 is 0 Å². The summed E-state index contributed by atoms with van der Waals surface area (Å²) in [5.41, 5.74) is 7.16. The van der Waals surface area contributed by atoms with Gasteiger partial charge in [-0.1, -0.05) is 6.07 Å². The largest absolute Gasteiger partial charge is 0.508 e. The van der Waals surface area contributed by atoms with Gasteiger partial charge in [-0.2, -0.15) is 0 Å². The highest BCUT2D eigenvalue weighted by Crippen LogP contribution is 2.26. The number of aromatic hydroxyl groups is 1. The number of nitrogens with zero attached hydrogens (tertiary/aromatic N) is 4. The maximum atomic E-state index is 9.80. The van der Waals surface area contributed by atoms with Crippen LogP contribution in [-0.2, 0) is 19.5 Å². The van der Waals surface area contributed by atoms with Crippen molar-refractivity contribution < 1.29 is 5.11 Å². The molecule has 0 fully saturated rings. The molecular formula is C21H24N4O. The van der Waals surface area contributed by atoms with Crippen LogP contribution in [0.5, 0.6) is 5.75 Å². The van der Waals surface area contributed by atoms with Gasteiger partial charge in [-0.15, -0.1) is 0 Å². The van der Waals surface area contributed by atoms with Crippen molar-refractivity contribution in [3.8, 4) is 11.4 Å². The van der Waals surface area contributed by atoms with Gasteiger partial charge in [0.25, 0.3) is 0 Å². The normalized spacial score (nSPS) is 14.4. The molecule has 0 bridgehead atoms. The van der Waals surface area contributed by atoms with Crippen molar-refractivity contribution in [1.29, 1.82) is 0 Å². The molecule has 0 unspecified atom stereocenters. The van der Waals surface area contributed by atoms with Gasteiger partial charge in [0.15, 0.2) is 0 Å². The van der Waals surface area contributed by atoms with Crippen LogP contribution in [0.25, 0.3) is 5.69 Å². The van der Waals surface area contributed by atoms with E-state index in [2.05, 4.69) is 39.3 Å². The molecule has 0 atom stereocenters. The van der Waals surface area contributed by atoms with Crippen LogP contribution in [0.3, 0.4) is 0 Å². The summed E-state index contributed by atoms with van der Waals surface area (Å²) in [5.74, 6) is 1.14. The van der Waals surface area contributed by atoms with Crippen LogP contribution >= 0.6 is 0 Å². The third kappa shape index (κ3) is 3.10. The first-order valence-corrected chi connectivity index (χ1v) is 9.02. The number of aryl methyl sites for hydroxylation is 2. The predicted octanol–water partition coefficient (Wildman–Crippen LogP) is 3.46. The van der Waals surface area contributed by atoms with Gasteiger partial charge >= 0.3 is 0 Å². The minimum Gasteiger partial charge on any atom is -0.508 e. The lowest BCUT2D eigenvalue weighted by atomic mass is 10.1. The van der Waals surface area contributed by atoms with E-state index in [0.29, 0.717) is 5.75 Å². The van der Waals surface area contributed by atoms with Gasteiger partial charge in [0.1, 0.15) is 11.6 Å². The molecular weight excluding hydrogens is 324 g/mol. The van der Waals surface area contributed by atoms with Crippen LogP contribution in [0, 0.1) is 20.8 Å². The zero-order valence-electron chi connectivity index (χ0n) is 15.5. The molecule has 0 radical (unpaired) electrons. The van der Waals surface area contributed by atoms with Gasteiger partial charge in [0.05, 0.1) is 0 Å². The predicted molar refractivity (Wildman–Crippen MR) is 101 cm³/mol. The van der Waals surface area contributed by atoms with Crippen molar-refractivity contribution in [2.24, 2.45) is 0 Å². The van der Waals surface area contributed by atoms with Crippen molar-refractivity contribution in [3.63, 3.8) is 0 Å². The van der Waals surface area contributed by atoms with Gasteiger partial charge < -0.3 is 9.67 Å². The maximum absolute atomic E-state index is 9.80. The number of phenolic OH excluding ortho intramolecular Hbond substituents is 1. The van der Waals surface area contributed by atoms with Crippen LogP contribution < -0.4 is 0 Å². The van der Waals surface area contributed by atoms with E-state index in [1.54, 1.807) is 12.1 Å². The van der Waals surface area contributed by atoms with Crippen LogP contribution in [-0.4, -0.2) is 31.1 Å². The molecule has 0 aliphatic carbocycles. The van der Waals surface area contributed by atoms with Crippen LogP contribution in [0.1, 0.15) is 34.0 Å². The molecule has 1 aliphatic rings. The lowest BCUT2D eigenvalue weighted by Gasteiger charge is -2.28. The second-order valence-electron chi connectivity index (χ2n) is 7.10. The molecule has 1 aliphatic heterocycles. The Morgan fingerprint density at radius 3 is 2.81 bits per heavy atom. The van der Waals surface area contributed by atoms with Gasteiger partial charge in [0.2, 0.25) is 0 Å². The number of benzene rings is 1. The average molecular weight is 348 g/mol. The summed E-state index contributed by atoms with van der Waals surface area (Å²) in [6, 6.07) is 9.67. The van der Waals surface area contributed by atoms with Crippen LogP contribution in [0.15, 0.2) is 36.5 Å². The van der Waals surface area contributed by atoms with Crippen molar-refractivity contribution in [3.05, 3.63) is 70.6 Å². The van der Waals surface area contributed by atoms with Gasteiger partial charge in [-0.25, -0.2) is 9.97 Å². The summed E-state index contributed by atoms with van der Waals surface area (Å²) in [6.07, 6.45) is 2.95. The summed E-state index contributed by atoms with van der Waals surface area (Å²) in [7, 11) is 0. The first kappa shape index (κ1) is 16.8. The summed E-state index contributed by atoms with van der Waals surface area (Å²) >= 11 is 0. The molecule has 5 nitrogen and oxygen atoms in total. The van der Waals surface area contributed by atoms with E-state index in [0.717, 1.165) is 37.6 Å². The first-order chi connectivity index (χ1) is 12.5. The number of hydrogen-bond acceptors (Lipinski definition) is 4. The van der Waals surface area contributed by atoms with Crippen LogP contribution in [0.2, 0.25) is 0 Å². The summed E-state index contributed by atoms with van der Waals surface area (Å²) in [4.78, 5) is 11.4. The number of rotatable bonds is 3. The Kier molecular flexibility index (Phi) is 4.24. The number of hydrogen-bond donors (Lipinski definition) is 1. The van der Waals surface area contributed by atoms with Crippen molar-refractivity contribution in [2.75, 3.05) is 6.54 Å². The molecule has 1 aromatic carbocycles. The lowest BCUT2D eigenvalue weighted by Crippen LogP contribution is -2.31. The molecule has 0 amide bonds. The lowest BCUT2D eigenvalue weighted by molar-refractivity contribution is 0.242. The molecule has 1 N–H and O–H groups in total. The molecule has 2 aromatic heterocycles. The summed E-state index contributed by atoms with van der Waals surface area (Å²) < 4.78 is 2.21. The molecule has 5 heteroatoms. The second kappa shape index (κ2) is 6.57. The minimum atomic E-state index is 0.291. The monoisotopic (exact) mass is 348 g/mol. The Labute approximate surface area is 154 Å². The Morgan fingerprint density at radius 1 is 1.15 bits per heavy atom.